The van der Waals surface area contributed by atoms with Crippen LogP contribution in [0.1, 0.15) is 11.3 Å². The molecule has 84 valence electrons. The van der Waals surface area contributed by atoms with E-state index in [-0.39, 0.29) is 0 Å². The number of nitrogens with zero attached hydrogens (tertiary/aromatic N) is 2. The van der Waals surface area contributed by atoms with Gasteiger partial charge >= 0.3 is 0 Å². The third-order valence-corrected chi connectivity index (χ3v) is 2.50. The topological polar surface area (TPSA) is 53.1 Å². The molecule has 2 N–H and O–H groups in total. The average Bonchev–Trinajstić information content (AvgIpc) is 2.74. The van der Waals surface area contributed by atoms with Gasteiger partial charge in [0.1, 0.15) is 5.75 Å². The van der Waals surface area contributed by atoms with Gasteiger partial charge in [-0.15, -0.1) is 0 Å². The van der Waals surface area contributed by atoms with E-state index in [1.165, 1.54) is 0 Å². The van der Waals surface area contributed by atoms with Crippen molar-refractivity contribution in [1.82, 2.24) is 9.78 Å². The second-order valence-corrected chi connectivity index (χ2v) is 3.56. The van der Waals surface area contributed by atoms with Crippen LogP contribution >= 0.6 is 0 Å². The van der Waals surface area contributed by atoms with Gasteiger partial charge in [-0.1, -0.05) is 6.07 Å². The molecule has 0 radical (unpaired) electrons. The Morgan fingerprint density at radius 3 is 2.75 bits per heavy atom. The summed E-state index contributed by atoms with van der Waals surface area (Å²) < 4.78 is 7.10. The SMILES string of the molecule is COc1cccc(-n2ccc(C)n2)c1CN. The summed E-state index contributed by atoms with van der Waals surface area (Å²) in [5, 5.41) is 4.37. The number of hydrogen-bond donors (Lipinski definition) is 1. The smallest absolute Gasteiger partial charge is 0.125 e. The molecule has 0 aliphatic heterocycles. The van der Waals surface area contributed by atoms with Gasteiger partial charge in [0, 0.05) is 18.3 Å². The molecule has 1 heterocycles. The number of nitrogens with two attached hydrogens (primary N) is 1. The van der Waals surface area contributed by atoms with Crippen LogP contribution in [0.25, 0.3) is 5.69 Å². The Balaban J connectivity index is 2.56. The lowest BCUT2D eigenvalue weighted by Gasteiger charge is -2.12. The highest BCUT2D eigenvalue weighted by atomic mass is 16.5. The first-order chi connectivity index (χ1) is 7.76. The maximum atomic E-state index is 5.75. The molecule has 4 nitrogen and oxygen atoms in total. The number of hydrogen-bond acceptors (Lipinski definition) is 3. The van der Waals surface area contributed by atoms with Crippen LogP contribution in [0.15, 0.2) is 30.5 Å². The number of ether oxygens (including phenoxy) is 1. The highest BCUT2D eigenvalue weighted by Gasteiger charge is 2.09. The molecule has 0 spiro atoms. The molecule has 16 heavy (non-hydrogen) atoms. The molecule has 0 aliphatic carbocycles. The van der Waals surface area contributed by atoms with E-state index < -0.39 is 0 Å². The van der Waals surface area contributed by atoms with E-state index in [4.69, 9.17) is 10.5 Å². The third-order valence-electron chi connectivity index (χ3n) is 2.50. The van der Waals surface area contributed by atoms with Crippen LogP contribution in [-0.2, 0) is 6.54 Å². The van der Waals surface area contributed by atoms with Crippen LogP contribution in [0.4, 0.5) is 0 Å². The molecule has 0 fully saturated rings. The average molecular weight is 217 g/mol. The van der Waals surface area contributed by atoms with E-state index >= 15 is 0 Å². The van der Waals surface area contributed by atoms with Crippen LogP contribution in [0.5, 0.6) is 5.75 Å². The number of benzene rings is 1. The minimum Gasteiger partial charge on any atom is -0.496 e. The Labute approximate surface area is 94.6 Å². The summed E-state index contributed by atoms with van der Waals surface area (Å²) in [4.78, 5) is 0. The van der Waals surface area contributed by atoms with Crippen molar-refractivity contribution < 1.29 is 4.74 Å². The first-order valence-corrected chi connectivity index (χ1v) is 5.15. The van der Waals surface area contributed by atoms with E-state index in [0.717, 1.165) is 22.7 Å². The van der Waals surface area contributed by atoms with Crippen molar-refractivity contribution in [2.45, 2.75) is 13.5 Å². The van der Waals surface area contributed by atoms with Gasteiger partial charge in [-0.3, -0.25) is 0 Å². The van der Waals surface area contributed by atoms with Gasteiger partial charge in [0.25, 0.3) is 0 Å². The van der Waals surface area contributed by atoms with E-state index in [1.807, 2.05) is 42.1 Å². The van der Waals surface area contributed by atoms with Gasteiger partial charge in [-0.05, 0) is 25.1 Å². The van der Waals surface area contributed by atoms with Gasteiger partial charge in [-0.2, -0.15) is 5.10 Å². The predicted octanol–water partition coefficient (Wildman–Crippen LogP) is 1.65. The minimum absolute atomic E-state index is 0.429. The lowest BCUT2D eigenvalue weighted by atomic mass is 10.1. The Kier molecular flexibility index (Phi) is 2.92. The highest BCUT2D eigenvalue weighted by molar-refractivity contribution is 5.49. The molecule has 0 amide bonds. The van der Waals surface area contributed by atoms with Gasteiger partial charge in [0.15, 0.2) is 0 Å². The lowest BCUT2D eigenvalue weighted by molar-refractivity contribution is 0.409. The van der Waals surface area contributed by atoms with Crippen LogP contribution in [0.2, 0.25) is 0 Å². The number of methoxy groups -OCH3 is 1. The Morgan fingerprint density at radius 1 is 1.38 bits per heavy atom. The second-order valence-electron chi connectivity index (χ2n) is 3.56. The molecular formula is C12H15N3O. The van der Waals surface area contributed by atoms with Gasteiger partial charge in [0.2, 0.25) is 0 Å². The molecule has 1 aromatic heterocycles. The molecule has 4 heteroatoms. The molecule has 2 rings (SSSR count). The monoisotopic (exact) mass is 217 g/mol. The van der Waals surface area contributed by atoms with Crippen molar-refractivity contribution >= 4 is 0 Å². The first kappa shape index (κ1) is 10.7. The zero-order chi connectivity index (χ0) is 11.5. The fourth-order valence-corrected chi connectivity index (χ4v) is 1.71. The zero-order valence-corrected chi connectivity index (χ0v) is 9.47. The number of aryl methyl sites for hydroxylation is 1. The first-order valence-electron chi connectivity index (χ1n) is 5.15. The Bertz CT molecular complexity index is 491. The molecule has 0 saturated carbocycles. The van der Waals surface area contributed by atoms with E-state index in [1.54, 1.807) is 7.11 Å². The van der Waals surface area contributed by atoms with E-state index in [9.17, 15) is 0 Å². The van der Waals surface area contributed by atoms with E-state index in [2.05, 4.69) is 5.10 Å². The van der Waals surface area contributed by atoms with Crippen molar-refractivity contribution in [3.05, 3.63) is 41.7 Å². The molecular weight excluding hydrogens is 202 g/mol. The molecule has 0 saturated heterocycles. The van der Waals surface area contributed by atoms with Crippen molar-refractivity contribution in [2.24, 2.45) is 5.73 Å². The van der Waals surface area contributed by atoms with Crippen LogP contribution in [0, 0.1) is 6.92 Å². The Hall–Kier alpha value is -1.81. The van der Waals surface area contributed by atoms with Crippen molar-refractivity contribution in [3.8, 4) is 11.4 Å². The summed E-state index contributed by atoms with van der Waals surface area (Å²) in [5.41, 5.74) is 8.66. The minimum atomic E-state index is 0.429. The molecule has 0 atom stereocenters. The summed E-state index contributed by atoms with van der Waals surface area (Å²) in [6.45, 7) is 2.39. The number of aromatic nitrogens is 2. The maximum absolute atomic E-state index is 5.75. The molecule has 0 bridgehead atoms. The molecule has 1 aromatic carbocycles. The lowest BCUT2D eigenvalue weighted by Crippen LogP contribution is -2.07. The summed E-state index contributed by atoms with van der Waals surface area (Å²) in [6, 6.07) is 7.78. The fourth-order valence-electron chi connectivity index (χ4n) is 1.71. The summed E-state index contributed by atoms with van der Waals surface area (Å²) in [7, 11) is 1.65. The maximum Gasteiger partial charge on any atom is 0.125 e. The molecule has 0 aliphatic rings. The van der Waals surface area contributed by atoms with E-state index in [0.29, 0.717) is 6.54 Å². The fraction of sp³-hybridized carbons (Fsp3) is 0.250. The second kappa shape index (κ2) is 4.37. The quantitative estimate of drug-likeness (QED) is 0.850. The van der Waals surface area contributed by atoms with Crippen LogP contribution in [-0.4, -0.2) is 16.9 Å². The summed E-state index contributed by atoms with van der Waals surface area (Å²) in [6.07, 6.45) is 1.92. The number of rotatable bonds is 3. The van der Waals surface area contributed by atoms with Crippen molar-refractivity contribution in [1.29, 1.82) is 0 Å². The predicted molar refractivity (Wildman–Crippen MR) is 62.7 cm³/mol. The van der Waals surface area contributed by atoms with Crippen LogP contribution in [0.3, 0.4) is 0 Å². The Morgan fingerprint density at radius 2 is 2.19 bits per heavy atom. The third kappa shape index (κ3) is 1.79. The van der Waals surface area contributed by atoms with Crippen molar-refractivity contribution in [3.63, 3.8) is 0 Å². The zero-order valence-electron chi connectivity index (χ0n) is 9.47. The highest BCUT2D eigenvalue weighted by Crippen LogP contribution is 2.24. The standard InChI is InChI=1S/C12H15N3O/c1-9-6-7-15(14-9)11-4-3-5-12(16-2)10(11)8-13/h3-7H,8,13H2,1-2H3. The largest absolute Gasteiger partial charge is 0.496 e. The summed E-state index contributed by atoms with van der Waals surface area (Å²) >= 11 is 0. The van der Waals surface area contributed by atoms with Gasteiger partial charge in [-0.25, -0.2) is 4.68 Å². The van der Waals surface area contributed by atoms with Gasteiger partial charge in [0.05, 0.1) is 18.5 Å². The van der Waals surface area contributed by atoms with Crippen molar-refractivity contribution in [2.75, 3.05) is 7.11 Å². The molecule has 2 aromatic rings. The molecule has 0 unspecified atom stereocenters. The summed E-state index contributed by atoms with van der Waals surface area (Å²) in [5.74, 6) is 0.799. The van der Waals surface area contributed by atoms with Crippen LogP contribution < -0.4 is 10.5 Å². The normalized spacial score (nSPS) is 10.4. The van der Waals surface area contributed by atoms with Gasteiger partial charge < -0.3 is 10.5 Å².